The Bertz CT molecular complexity index is 552. The molecule has 2 heterocycles. The van der Waals surface area contributed by atoms with Crippen molar-refractivity contribution in [2.24, 2.45) is 0 Å². The van der Waals surface area contributed by atoms with Crippen molar-refractivity contribution in [3.05, 3.63) is 27.0 Å². The molecular weight excluding hydrogens is 246 g/mol. The van der Waals surface area contributed by atoms with E-state index in [4.69, 9.17) is 15.6 Å². The minimum absolute atomic E-state index is 0.229. The first-order valence-electron chi connectivity index (χ1n) is 5.19. The zero-order valence-electron chi connectivity index (χ0n) is 9.18. The maximum atomic E-state index is 11.5. The molecule has 0 spiro atoms. The molecule has 1 aliphatic rings. The lowest BCUT2D eigenvalue weighted by Crippen LogP contribution is -2.38. The summed E-state index contributed by atoms with van der Waals surface area (Å²) in [5.74, 6) is 0. The van der Waals surface area contributed by atoms with Crippen molar-refractivity contribution in [3.8, 4) is 0 Å². The summed E-state index contributed by atoms with van der Waals surface area (Å²) in [6, 6.07) is 0. The molecule has 9 heteroatoms. The molecule has 0 bridgehead atoms. The average Bonchev–Trinajstić information content (AvgIpc) is 2.61. The molecule has 0 aromatic carbocycles. The molecule has 1 fully saturated rings. The van der Waals surface area contributed by atoms with Crippen LogP contribution in [-0.4, -0.2) is 49.8 Å². The summed E-state index contributed by atoms with van der Waals surface area (Å²) in [4.78, 5) is 24.6. The fourth-order valence-electron chi connectivity index (χ4n) is 1.80. The van der Waals surface area contributed by atoms with Crippen LogP contribution < -0.4 is 17.0 Å². The molecule has 0 radical (unpaired) electrons. The zero-order valence-corrected chi connectivity index (χ0v) is 9.18. The number of aliphatic hydroxyl groups is 3. The van der Waals surface area contributed by atoms with Crippen LogP contribution in [0.2, 0.25) is 0 Å². The van der Waals surface area contributed by atoms with E-state index in [9.17, 15) is 19.8 Å². The first-order chi connectivity index (χ1) is 8.45. The van der Waals surface area contributed by atoms with Gasteiger partial charge in [0.1, 0.15) is 24.0 Å². The third-order valence-electron chi connectivity index (χ3n) is 2.79. The summed E-state index contributed by atoms with van der Waals surface area (Å²) in [6.45, 7) is -0.512. The van der Waals surface area contributed by atoms with Gasteiger partial charge in [-0.15, -0.1) is 0 Å². The fourth-order valence-corrected chi connectivity index (χ4v) is 1.80. The van der Waals surface area contributed by atoms with Crippen molar-refractivity contribution < 1.29 is 20.1 Å². The normalized spacial score (nSPS) is 31.7. The van der Waals surface area contributed by atoms with E-state index in [-0.39, 0.29) is 5.69 Å². The highest BCUT2D eigenvalue weighted by Crippen LogP contribution is 2.27. The quantitative estimate of drug-likeness (QED) is 0.373. The van der Waals surface area contributed by atoms with Crippen molar-refractivity contribution in [2.45, 2.75) is 24.5 Å². The number of aliphatic hydroxyl groups excluding tert-OH is 3. The molecule has 6 N–H and O–H groups in total. The van der Waals surface area contributed by atoms with Crippen LogP contribution in [0.25, 0.3) is 0 Å². The molecule has 18 heavy (non-hydrogen) atoms. The van der Waals surface area contributed by atoms with Crippen LogP contribution in [0.15, 0.2) is 15.8 Å². The van der Waals surface area contributed by atoms with Gasteiger partial charge in [0.15, 0.2) is 6.23 Å². The molecule has 1 aromatic heterocycles. The third kappa shape index (κ3) is 1.93. The van der Waals surface area contributed by atoms with Crippen LogP contribution in [0.5, 0.6) is 0 Å². The van der Waals surface area contributed by atoms with Crippen molar-refractivity contribution >= 4 is 5.69 Å². The number of ether oxygens (including phenoxy) is 1. The topological polar surface area (TPSA) is 151 Å². The second-order valence-electron chi connectivity index (χ2n) is 3.98. The van der Waals surface area contributed by atoms with Gasteiger partial charge < -0.3 is 25.8 Å². The van der Waals surface area contributed by atoms with E-state index >= 15 is 0 Å². The van der Waals surface area contributed by atoms with Gasteiger partial charge in [-0.05, 0) is 0 Å². The summed E-state index contributed by atoms with van der Waals surface area (Å²) in [5.41, 5.74) is 3.55. The molecule has 0 unspecified atom stereocenters. The largest absolute Gasteiger partial charge is 0.394 e. The molecule has 100 valence electrons. The highest BCUT2D eigenvalue weighted by Gasteiger charge is 2.43. The van der Waals surface area contributed by atoms with E-state index in [1.165, 1.54) is 0 Å². The number of aromatic nitrogens is 2. The lowest BCUT2D eigenvalue weighted by molar-refractivity contribution is -0.0549. The molecule has 0 amide bonds. The lowest BCUT2D eigenvalue weighted by atomic mass is 10.1. The molecular formula is C9H13N3O6. The summed E-state index contributed by atoms with van der Waals surface area (Å²) in [6.07, 6.45) is -3.96. The minimum Gasteiger partial charge on any atom is -0.394 e. The maximum Gasteiger partial charge on any atom is 0.330 e. The van der Waals surface area contributed by atoms with E-state index in [1.807, 2.05) is 4.98 Å². The van der Waals surface area contributed by atoms with E-state index in [0.717, 1.165) is 10.8 Å². The summed E-state index contributed by atoms with van der Waals surface area (Å²) >= 11 is 0. The van der Waals surface area contributed by atoms with Gasteiger partial charge in [0, 0.05) is 6.20 Å². The number of nitrogen functional groups attached to an aromatic ring is 1. The van der Waals surface area contributed by atoms with Gasteiger partial charge in [-0.25, -0.2) is 4.79 Å². The number of aromatic amines is 1. The minimum atomic E-state index is -1.41. The second kappa shape index (κ2) is 4.53. The first-order valence-corrected chi connectivity index (χ1v) is 5.19. The first kappa shape index (κ1) is 12.8. The standard InChI is InChI=1S/C9H13N3O6/c10-3-1-12(9(17)11-7(3)16)8-6(15)5(14)4(2-13)18-8/h1,4-6,8,13-15H,2,10H2,(H,11,16,17)/t4-,5+,6+,8-/m1/s1. The maximum absolute atomic E-state index is 11.5. The van der Waals surface area contributed by atoms with Gasteiger partial charge in [0.2, 0.25) is 0 Å². The predicted molar refractivity (Wildman–Crippen MR) is 58.7 cm³/mol. The van der Waals surface area contributed by atoms with E-state index < -0.39 is 42.4 Å². The fraction of sp³-hybridized carbons (Fsp3) is 0.556. The number of anilines is 1. The molecule has 9 nitrogen and oxygen atoms in total. The monoisotopic (exact) mass is 259 g/mol. The predicted octanol–water partition coefficient (Wildman–Crippen LogP) is -3.27. The molecule has 4 atom stereocenters. The summed E-state index contributed by atoms with van der Waals surface area (Å²) in [5, 5.41) is 28.2. The number of hydrogen-bond acceptors (Lipinski definition) is 7. The van der Waals surface area contributed by atoms with Crippen molar-refractivity contribution in [1.82, 2.24) is 9.55 Å². The van der Waals surface area contributed by atoms with Crippen molar-refractivity contribution in [2.75, 3.05) is 12.3 Å². The smallest absolute Gasteiger partial charge is 0.330 e. The Morgan fingerprint density at radius 3 is 2.61 bits per heavy atom. The number of hydrogen-bond donors (Lipinski definition) is 5. The Morgan fingerprint density at radius 2 is 2.06 bits per heavy atom. The molecule has 1 saturated heterocycles. The van der Waals surface area contributed by atoms with Gasteiger partial charge in [-0.3, -0.25) is 14.3 Å². The van der Waals surface area contributed by atoms with Crippen LogP contribution >= 0.6 is 0 Å². The number of nitrogens with zero attached hydrogens (tertiary/aromatic N) is 1. The van der Waals surface area contributed by atoms with Crippen LogP contribution in [0.3, 0.4) is 0 Å². The highest BCUT2D eigenvalue weighted by molar-refractivity contribution is 5.30. The molecule has 0 aliphatic carbocycles. The molecule has 1 aliphatic heterocycles. The second-order valence-corrected chi connectivity index (χ2v) is 3.98. The Balaban J connectivity index is 2.42. The number of rotatable bonds is 2. The van der Waals surface area contributed by atoms with Gasteiger partial charge >= 0.3 is 5.69 Å². The number of H-pyrrole nitrogens is 1. The number of nitrogens with one attached hydrogen (secondary N) is 1. The van der Waals surface area contributed by atoms with E-state index in [1.54, 1.807) is 0 Å². The van der Waals surface area contributed by atoms with Crippen molar-refractivity contribution in [3.63, 3.8) is 0 Å². The lowest BCUT2D eigenvalue weighted by Gasteiger charge is -2.17. The molecule has 1 aromatic rings. The SMILES string of the molecule is Nc1cn([C@@H]2O[C@H](CO)[C@H](O)[C@@H]2O)c(=O)[nH]c1=O. The third-order valence-corrected chi connectivity index (χ3v) is 2.79. The Hall–Kier alpha value is -1.68. The Kier molecular flexibility index (Phi) is 3.22. The van der Waals surface area contributed by atoms with Crippen LogP contribution in [0, 0.1) is 0 Å². The van der Waals surface area contributed by atoms with E-state index in [2.05, 4.69) is 0 Å². The van der Waals surface area contributed by atoms with Crippen LogP contribution in [0.4, 0.5) is 5.69 Å². The summed E-state index contributed by atoms with van der Waals surface area (Å²) in [7, 11) is 0. The highest BCUT2D eigenvalue weighted by atomic mass is 16.6. The van der Waals surface area contributed by atoms with E-state index in [0.29, 0.717) is 0 Å². The zero-order chi connectivity index (χ0) is 13.4. The van der Waals surface area contributed by atoms with Crippen molar-refractivity contribution in [1.29, 1.82) is 0 Å². The van der Waals surface area contributed by atoms with Gasteiger partial charge in [-0.2, -0.15) is 0 Å². The Morgan fingerprint density at radius 1 is 1.39 bits per heavy atom. The molecule has 2 rings (SSSR count). The Labute approximate surface area is 100 Å². The van der Waals surface area contributed by atoms with Gasteiger partial charge in [0.05, 0.1) is 6.61 Å². The van der Waals surface area contributed by atoms with Crippen LogP contribution in [0.1, 0.15) is 6.23 Å². The van der Waals surface area contributed by atoms with Crippen LogP contribution in [-0.2, 0) is 4.74 Å². The summed E-state index contributed by atoms with van der Waals surface area (Å²) < 4.78 is 5.99. The average molecular weight is 259 g/mol. The van der Waals surface area contributed by atoms with Gasteiger partial charge in [0.25, 0.3) is 5.56 Å². The molecule has 0 saturated carbocycles. The number of nitrogens with two attached hydrogens (primary N) is 1. The van der Waals surface area contributed by atoms with Gasteiger partial charge in [-0.1, -0.05) is 0 Å².